The van der Waals surface area contributed by atoms with E-state index >= 15 is 0 Å². The molecule has 0 aliphatic heterocycles. The third-order valence-corrected chi connectivity index (χ3v) is 3.69. The number of hydrogen-bond donors (Lipinski definition) is 3. The maximum atomic E-state index is 11.8. The lowest BCUT2D eigenvalue weighted by molar-refractivity contribution is 0.190. The van der Waals surface area contributed by atoms with Gasteiger partial charge in [0.1, 0.15) is 0 Å². The van der Waals surface area contributed by atoms with Gasteiger partial charge in [-0.1, -0.05) is 6.07 Å². The molecule has 0 aliphatic rings. The van der Waals surface area contributed by atoms with E-state index in [2.05, 4.69) is 10.7 Å². The maximum absolute atomic E-state index is 11.8. The molecule has 6 nitrogen and oxygen atoms in total. The van der Waals surface area contributed by atoms with Crippen LogP contribution >= 0.6 is 0 Å². The van der Waals surface area contributed by atoms with E-state index in [1.807, 2.05) is 44.3 Å². The average molecular weight is 316 g/mol. The quantitative estimate of drug-likeness (QED) is 0.561. The Bertz CT molecular complexity index is 714. The zero-order valence-corrected chi connectivity index (χ0v) is 14.0. The molecule has 1 unspecified atom stereocenters. The number of methoxy groups -OCH3 is 1. The Hall–Kier alpha value is -2.31. The molecule has 1 heterocycles. The zero-order chi connectivity index (χ0) is 17.0. The van der Waals surface area contributed by atoms with Gasteiger partial charge in [0.05, 0.1) is 18.0 Å². The fraction of sp³-hybridized carbons (Fsp3) is 0.353. The summed E-state index contributed by atoms with van der Waals surface area (Å²) in [5, 5.41) is 3.38. The first-order valence-corrected chi connectivity index (χ1v) is 7.50. The van der Waals surface area contributed by atoms with E-state index in [-0.39, 0.29) is 11.6 Å². The summed E-state index contributed by atoms with van der Waals surface area (Å²) in [6.07, 6.45) is 1.84. The lowest BCUT2D eigenvalue weighted by atomic mass is 10.0. The molecule has 2 aromatic rings. The van der Waals surface area contributed by atoms with Crippen LogP contribution < -0.4 is 22.1 Å². The molecule has 1 aromatic heterocycles. The van der Waals surface area contributed by atoms with E-state index < -0.39 is 0 Å². The van der Waals surface area contributed by atoms with Gasteiger partial charge in [0.15, 0.2) is 0 Å². The van der Waals surface area contributed by atoms with Crippen molar-refractivity contribution in [3.8, 4) is 11.1 Å². The molecular weight excluding hydrogens is 292 g/mol. The van der Waals surface area contributed by atoms with Crippen LogP contribution in [0, 0.1) is 6.92 Å². The molecule has 0 saturated heterocycles. The predicted molar refractivity (Wildman–Crippen MR) is 94.6 cm³/mol. The van der Waals surface area contributed by atoms with Crippen molar-refractivity contribution in [2.45, 2.75) is 19.9 Å². The van der Waals surface area contributed by atoms with Gasteiger partial charge in [-0.2, -0.15) is 0 Å². The first-order valence-electron chi connectivity index (χ1n) is 7.50. The predicted octanol–water partition coefficient (Wildman–Crippen LogP) is 2.09. The summed E-state index contributed by atoms with van der Waals surface area (Å²) in [6.45, 7) is 4.45. The van der Waals surface area contributed by atoms with E-state index in [1.54, 1.807) is 18.7 Å². The number of nitrogens with zero attached hydrogens (tertiary/aromatic N) is 1. The normalized spacial score (nSPS) is 12.0. The van der Waals surface area contributed by atoms with Gasteiger partial charge in [-0.25, -0.2) is 0 Å². The van der Waals surface area contributed by atoms with Crippen LogP contribution in [0.25, 0.3) is 11.1 Å². The van der Waals surface area contributed by atoms with Crippen LogP contribution in [-0.2, 0) is 11.8 Å². The van der Waals surface area contributed by atoms with Crippen LogP contribution in [0.5, 0.6) is 0 Å². The van der Waals surface area contributed by atoms with Crippen molar-refractivity contribution < 1.29 is 4.74 Å². The molecule has 0 saturated carbocycles. The molecule has 0 fully saturated rings. The van der Waals surface area contributed by atoms with Gasteiger partial charge in [0.25, 0.3) is 5.56 Å². The third-order valence-electron chi connectivity index (χ3n) is 3.69. The van der Waals surface area contributed by atoms with Gasteiger partial charge in [0, 0.05) is 32.0 Å². The van der Waals surface area contributed by atoms with Crippen LogP contribution in [0.2, 0.25) is 0 Å². The fourth-order valence-electron chi connectivity index (χ4n) is 2.56. The van der Waals surface area contributed by atoms with Gasteiger partial charge in [-0.05, 0) is 43.2 Å². The van der Waals surface area contributed by atoms with Crippen molar-refractivity contribution in [3.63, 3.8) is 0 Å². The smallest absolute Gasteiger partial charge is 0.253 e. The molecule has 0 bridgehead atoms. The minimum Gasteiger partial charge on any atom is -0.383 e. The first-order chi connectivity index (χ1) is 11.0. The zero-order valence-electron chi connectivity index (χ0n) is 14.0. The lowest BCUT2D eigenvalue weighted by Gasteiger charge is -2.18. The third kappa shape index (κ3) is 3.91. The summed E-state index contributed by atoms with van der Waals surface area (Å²) in [5.74, 6) is 5.59. The number of anilines is 2. The largest absolute Gasteiger partial charge is 0.383 e. The number of hydrogen-bond acceptors (Lipinski definition) is 5. The molecule has 6 heteroatoms. The molecule has 2 rings (SSSR count). The number of aryl methyl sites for hydroxylation is 2. The number of rotatable bonds is 6. The minimum atomic E-state index is 0.0149. The van der Waals surface area contributed by atoms with Crippen molar-refractivity contribution in [1.82, 2.24) is 4.57 Å². The second-order valence-corrected chi connectivity index (χ2v) is 5.73. The highest BCUT2D eigenvalue weighted by molar-refractivity contribution is 5.77. The van der Waals surface area contributed by atoms with Crippen LogP contribution in [0.4, 0.5) is 11.4 Å². The SMILES string of the molecule is COCC(C)Nc1cc(-c2cc(C)c(=O)n(C)c2)ccc1NN. The summed E-state index contributed by atoms with van der Waals surface area (Å²) in [4.78, 5) is 11.8. The highest BCUT2D eigenvalue weighted by atomic mass is 16.5. The maximum Gasteiger partial charge on any atom is 0.253 e. The number of pyridine rings is 1. The monoisotopic (exact) mass is 316 g/mol. The van der Waals surface area contributed by atoms with Crippen molar-refractivity contribution >= 4 is 11.4 Å². The van der Waals surface area contributed by atoms with Gasteiger partial charge < -0.3 is 20.0 Å². The highest BCUT2D eigenvalue weighted by Crippen LogP contribution is 2.29. The summed E-state index contributed by atoms with van der Waals surface area (Å²) in [5.41, 5.74) is 7.11. The summed E-state index contributed by atoms with van der Waals surface area (Å²) in [7, 11) is 3.43. The Kier molecular flexibility index (Phi) is 5.41. The number of nitrogens with one attached hydrogen (secondary N) is 2. The van der Waals surface area contributed by atoms with E-state index in [0.29, 0.717) is 12.2 Å². The molecule has 1 atom stereocenters. The van der Waals surface area contributed by atoms with Gasteiger partial charge in [0.2, 0.25) is 0 Å². The van der Waals surface area contributed by atoms with Crippen LogP contribution in [0.3, 0.4) is 0 Å². The Morgan fingerprint density at radius 3 is 2.61 bits per heavy atom. The van der Waals surface area contributed by atoms with Crippen molar-refractivity contribution in [2.75, 3.05) is 24.5 Å². The van der Waals surface area contributed by atoms with E-state index in [4.69, 9.17) is 10.6 Å². The molecule has 1 aromatic carbocycles. The Labute approximate surface area is 136 Å². The number of benzene rings is 1. The summed E-state index contributed by atoms with van der Waals surface area (Å²) < 4.78 is 6.75. The number of ether oxygens (including phenoxy) is 1. The standard InChI is InChI=1S/C17H24N4O2/c1-11-7-14(9-21(3)17(11)22)13-5-6-15(20-18)16(8-13)19-12(2)10-23-4/h5-9,12,19-20H,10,18H2,1-4H3. The van der Waals surface area contributed by atoms with E-state index in [9.17, 15) is 4.79 Å². The molecular formula is C17H24N4O2. The second-order valence-electron chi connectivity index (χ2n) is 5.73. The molecule has 124 valence electrons. The van der Waals surface area contributed by atoms with Crippen LogP contribution in [-0.4, -0.2) is 24.3 Å². The van der Waals surface area contributed by atoms with Gasteiger partial charge in [-0.3, -0.25) is 10.6 Å². The number of aromatic nitrogens is 1. The average Bonchev–Trinajstić information content (AvgIpc) is 2.52. The Balaban J connectivity index is 2.42. The minimum absolute atomic E-state index is 0.0149. The molecule has 0 spiro atoms. The number of nitrogen functional groups attached to an aromatic ring is 1. The second kappa shape index (κ2) is 7.30. The summed E-state index contributed by atoms with van der Waals surface area (Å²) in [6, 6.07) is 7.94. The summed E-state index contributed by atoms with van der Waals surface area (Å²) >= 11 is 0. The highest BCUT2D eigenvalue weighted by Gasteiger charge is 2.09. The van der Waals surface area contributed by atoms with E-state index in [0.717, 1.165) is 22.5 Å². The first kappa shape index (κ1) is 17.1. The number of nitrogens with two attached hydrogens (primary N) is 1. The molecule has 23 heavy (non-hydrogen) atoms. The van der Waals surface area contributed by atoms with E-state index in [1.165, 1.54) is 0 Å². The molecule has 0 radical (unpaired) electrons. The number of hydrazine groups is 1. The van der Waals surface area contributed by atoms with Crippen LogP contribution in [0.1, 0.15) is 12.5 Å². The van der Waals surface area contributed by atoms with Gasteiger partial charge in [-0.15, -0.1) is 0 Å². The van der Waals surface area contributed by atoms with Crippen LogP contribution in [0.15, 0.2) is 35.3 Å². The van der Waals surface area contributed by atoms with Crippen molar-refractivity contribution in [1.29, 1.82) is 0 Å². The fourth-order valence-corrected chi connectivity index (χ4v) is 2.56. The molecule has 0 aliphatic carbocycles. The Morgan fingerprint density at radius 1 is 1.26 bits per heavy atom. The van der Waals surface area contributed by atoms with Crippen molar-refractivity contribution in [3.05, 3.63) is 46.4 Å². The topological polar surface area (TPSA) is 81.3 Å². The Morgan fingerprint density at radius 2 is 2.00 bits per heavy atom. The van der Waals surface area contributed by atoms with Gasteiger partial charge >= 0.3 is 0 Å². The molecule has 0 amide bonds. The van der Waals surface area contributed by atoms with Crippen molar-refractivity contribution in [2.24, 2.45) is 12.9 Å². The molecule has 4 N–H and O–H groups in total. The lowest BCUT2D eigenvalue weighted by Crippen LogP contribution is -2.22.